The first-order valence-corrected chi connectivity index (χ1v) is 6.52. The van der Waals surface area contributed by atoms with Crippen LogP contribution < -0.4 is 5.73 Å². The van der Waals surface area contributed by atoms with Gasteiger partial charge in [0.25, 0.3) is 0 Å². The second-order valence-corrected chi connectivity index (χ2v) is 6.09. The first-order valence-electron chi connectivity index (χ1n) is 5.71. The Morgan fingerprint density at radius 1 is 1.39 bits per heavy atom. The van der Waals surface area contributed by atoms with E-state index in [2.05, 4.69) is 4.98 Å². The third kappa shape index (κ3) is 2.86. The lowest BCUT2D eigenvalue weighted by Crippen LogP contribution is -2.31. The molecule has 18 heavy (non-hydrogen) atoms. The number of rotatable bonds is 2. The van der Waals surface area contributed by atoms with Gasteiger partial charge in [-0.2, -0.15) is 0 Å². The summed E-state index contributed by atoms with van der Waals surface area (Å²) in [5.41, 5.74) is 6.20. The average molecular weight is 264 g/mol. The first-order chi connectivity index (χ1) is 8.37. The van der Waals surface area contributed by atoms with E-state index in [9.17, 15) is 4.79 Å². The van der Waals surface area contributed by atoms with Gasteiger partial charge in [0.1, 0.15) is 10.6 Å². The molecular formula is C13H16N2O2S. The fourth-order valence-electron chi connectivity index (χ4n) is 1.49. The largest absolute Gasteiger partial charge is 0.458 e. The highest BCUT2D eigenvalue weighted by molar-refractivity contribution is 7.18. The summed E-state index contributed by atoms with van der Waals surface area (Å²) >= 11 is 1.42. The molecule has 0 spiro atoms. The molecule has 1 unspecified atom stereocenters. The van der Waals surface area contributed by atoms with Crippen molar-refractivity contribution in [3.8, 4) is 0 Å². The predicted molar refractivity (Wildman–Crippen MR) is 72.4 cm³/mol. The quantitative estimate of drug-likeness (QED) is 0.847. The van der Waals surface area contributed by atoms with Crippen LogP contribution in [-0.2, 0) is 9.53 Å². The van der Waals surface area contributed by atoms with E-state index < -0.39 is 17.6 Å². The number of para-hydroxylation sites is 1. The monoisotopic (exact) mass is 264 g/mol. The Morgan fingerprint density at radius 2 is 2.06 bits per heavy atom. The molecule has 0 bridgehead atoms. The Morgan fingerprint density at radius 3 is 2.67 bits per heavy atom. The topological polar surface area (TPSA) is 65.2 Å². The van der Waals surface area contributed by atoms with Gasteiger partial charge in [-0.05, 0) is 32.9 Å². The lowest BCUT2D eigenvalue weighted by molar-refractivity contribution is -0.156. The highest BCUT2D eigenvalue weighted by Gasteiger charge is 2.25. The molecular weight excluding hydrogens is 248 g/mol. The Bertz CT molecular complexity index is 539. The molecule has 1 aromatic carbocycles. The molecule has 0 saturated carbocycles. The van der Waals surface area contributed by atoms with Crippen LogP contribution in [0.3, 0.4) is 0 Å². The summed E-state index contributed by atoms with van der Waals surface area (Å²) in [5.74, 6) is -0.443. The summed E-state index contributed by atoms with van der Waals surface area (Å²) in [6.45, 7) is 5.45. The van der Waals surface area contributed by atoms with Gasteiger partial charge in [-0.3, -0.25) is 0 Å². The van der Waals surface area contributed by atoms with Gasteiger partial charge >= 0.3 is 5.97 Å². The van der Waals surface area contributed by atoms with Crippen LogP contribution in [0.1, 0.15) is 31.8 Å². The number of thiazole rings is 1. The van der Waals surface area contributed by atoms with Gasteiger partial charge in [-0.1, -0.05) is 12.1 Å². The number of nitrogens with zero attached hydrogens (tertiary/aromatic N) is 1. The molecule has 0 aliphatic heterocycles. The normalized spacial score (nSPS) is 13.6. The summed E-state index contributed by atoms with van der Waals surface area (Å²) in [4.78, 5) is 16.2. The van der Waals surface area contributed by atoms with E-state index in [-0.39, 0.29) is 0 Å². The van der Waals surface area contributed by atoms with Gasteiger partial charge < -0.3 is 10.5 Å². The van der Waals surface area contributed by atoms with Gasteiger partial charge in [0.15, 0.2) is 6.04 Å². The molecule has 0 aliphatic carbocycles. The fourth-order valence-corrected chi connectivity index (χ4v) is 2.45. The number of fused-ring (bicyclic) bond motifs is 1. The third-order valence-corrected chi connectivity index (χ3v) is 3.36. The minimum absolute atomic E-state index is 0.443. The zero-order valence-electron chi connectivity index (χ0n) is 10.6. The maximum absolute atomic E-state index is 11.9. The summed E-state index contributed by atoms with van der Waals surface area (Å²) in [5, 5.41) is 0.588. The number of carbonyl (C=O) groups excluding carboxylic acids is 1. The Balaban J connectivity index is 2.23. The maximum Gasteiger partial charge on any atom is 0.330 e. The molecule has 1 aromatic heterocycles. The molecule has 5 heteroatoms. The van der Waals surface area contributed by atoms with E-state index in [4.69, 9.17) is 10.5 Å². The maximum atomic E-state index is 11.9. The number of hydrogen-bond acceptors (Lipinski definition) is 5. The van der Waals surface area contributed by atoms with E-state index in [0.717, 1.165) is 10.2 Å². The minimum atomic E-state index is -0.818. The number of benzene rings is 1. The number of esters is 1. The van der Waals surface area contributed by atoms with E-state index in [1.165, 1.54) is 11.3 Å². The zero-order chi connectivity index (χ0) is 13.3. The summed E-state index contributed by atoms with van der Waals surface area (Å²) in [6.07, 6.45) is 0. The van der Waals surface area contributed by atoms with Crippen LogP contribution in [0.4, 0.5) is 0 Å². The smallest absolute Gasteiger partial charge is 0.330 e. The fraction of sp³-hybridized carbons (Fsp3) is 0.385. The lowest BCUT2D eigenvalue weighted by atomic mass is 10.2. The number of ether oxygens (including phenoxy) is 1. The van der Waals surface area contributed by atoms with Crippen molar-refractivity contribution in [2.75, 3.05) is 0 Å². The van der Waals surface area contributed by atoms with Gasteiger partial charge in [0.05, 0.1) is 10.2 Å². The second kappa shape index (κ2) is 4.66. The van der Waals surface area contributed by atoms with Crippen molar-refractivity contribution in [2.24, 2.45) is 5.73 Å². The summed E-state index contributed by atoms with van der Waals surface area (Å²) < 4.78 is 6.27. The van der Waals surface area contributed by atoms with Crippen LogP contribution in [-0.4, -0.2) is 16.6 Å². The molecule has 96 valence electrons. The van der Waals surface area contributed by atoms with Crippen molar-refractivity contribution in [1.82, 2.24) is 4.98 Å². The summed E-state index contributed by atoms with van der Waals surface area (Å²) in [6, 6.07) is 6.88. The molecule has 1 atom stereocenters. The van der Waals surface area contributed by atoms with Crippen LogP contribution in [0.25, 0.3) is 10.2 Å². The number of nitrogens with two attached hydrogens (primary N) is 1. The highest BCUT2D eigenvalue weighted by atomic mass is 32.1. The summed E-state index contributed by atoms with van der Waals surface area (Å²) in [7, 11) is 0. The average Bonchev–Trinajstić information content (AvgIpc) is 2.68. The Labute approximate surface area is 110 Å². The van der Waals surface area contributed by atoms with Crippen molar-refractivity contribution in [3.05, 3.63) is 29.3 Å². The van der Waals surface area contributed by atoms with Crippen LogP contribution in [0.2, 0.25) is 0 Å². The Hall–Kier alpha value is -1.46. The Kier molecular flexibility index (Phi) is 3.36. The minimum Gasteiger partial charge on any atom is -0.458 e. The van der Waals surface area contributed by atoms with Crippen LogP contribution >= 0.6 is 11.3 Å². The highest BCUT2D eigenvalue weighted by Crippen LogP contribution is 2.26. The molecule has 2 N–H and O–H groups in total. The number of aromatic nitrogens is 1. The lowest BCUT2D eigenvalue weighted by Gasteiger charge is -2.21. The molecule has 0 aliphatic rings. The zero-order valence-corrected chi connectivity index (χ0v) is 11.5. The van der Waals surface area contributed by atoms with Crippen LogP contribution in [0.5, 0.6) is 0 Å². The third-order valence-electron chi connectivity index (χ3n) is 2.24. The molecule has 0 saturated heterocycles. The molecule has 1 heterocycles. The standard InChI is InChI=1S/C13H16N2O2S/c1-13(2,3)17-12(16)10(14)11-15-8-6-4-5-7-9(8)18-11/h4-7,10H,14H2,1-3H3. The molecule has 2 aromatic rings. The van der Waals surface area contributed by atoms with Crippen molar-refractivity contribution in [3.63, 3.8) is 0 Å². The second-order valence-electron chi connectivity index (χ2n) is 5.03. The van der Waals surface area contributed by atoms with E-state index >= 15 is 0 Å². The van der Waals surface area contributed by atoms with Crippen LogP contribution in [0, 0.1) is 0 Å². The van der Waals surface area contributed by atoms with E-state index in [1.54, 1.807) is 0 Å². The van der Waals surface area contributed by atoms with Gasteiger partial charge in [0.2, 0.25) is 0 Å². The predicted octanol–water partition coefficient (Wildman–Crippen LogP) is 2.64. The molecule has 0 radical (unpaired) electrons. The van der Waals surface area contributed by atoms with Crippen molar-refractivity contribution in [2.45, 2.75) is 32.4 Å². The molecule has 2 rings (SSSR count). The number of hydrogen-bond donors (Lipinski definition) is 1. The SMILES string of the molecule is CC(C)(C)OC(=O)C(N)c1nc2ccccc2s1. The van der Waals surface area contributed by atoms with Crippen LogP contribution in [0.15, 0.2) is 24.3 Å². The number of carbonyl (C=O) groups is 1. The first kappa shape index (κ1) is 13.0. The van der Waals surface area contributed by atoms with Gasteiger partial charge in [0, 0.05) is 0 Å². The van der Waals surface area contributed by atoms with Crippen molar-refractivity contribution in [1.29, 1.82) is 0 Å². The van der Waals surface area contributed by atoms with Crippen molar-refractivity contribution < 1.29 is 9.53 Å². The van der Waals surface area contributed by atoms with E-state index in [1.807, 2.05) is 45.0 Å². The molecule has 0 fully saturated rings. The van der Waals surface area contributed by atoms with E-state index in [0.29, 0.717) is 5.01 Å². The molecule has 0 amide bonds. The molecule has 4 nitrogen and oxygen atoms in total. The van der Waals surface area contributed by atoms with Gasteiger partial charge in [-0.15, -0.1) is 11.3 Å². The van der Waals surface area contributed by atoms with Crippen molar-refractivity contribution >= 4 is 27.5 Å². The van der Waals surface area contributed by atoms with Gasteiger partial charge in [-0.25, -0.2) is 9.78 Å².